The van der Waals surface area contributed by atoms with Crippen molar-refractivity contribution < 1.29 is 32.6 Å². The number of aliphatic carboxylic acids is 1. The summed E-state index contributed by atoms with van der Waals surface area (Å²) in [4.78, 5) is 24.0. The van der Waals surface area contributed by atoms with E-state index in [1.807, 2.05) is 0 Å². The van der Waals surface area contributed by atoms with E-state index in [4.69, 9.17) is 0 Å². The number of carboxylic acid groups (broad SMARTS) is 1. The Bertz CT molecular complexity index is 638. The Morgan fingerprint density at radius 1 is 1.15 bits per heavy atom. The molecule has 1 amide bonds. The molecule has 26 heavy (non-hydrogen) atoms. The Kier molecular flexibility index (Phi) is 6.50. The number of nitrogens with one attached hydrogen (secondary N) is 1. The number of hydrogen-bond donors (Lipinski definition) is 2. The summed E-state index contributed by atoms with van der Waals surface area (Å²) in [6.07, 6.45) is -0.488. The predicted octanol–water partition coefficient (Wildman–Crippen LogP) is 3.46. The van der Waals surface area contributed by atoms with Crippen LogP contribution in [0.2, 0.25) is 0 Å². The van der Waals surface area contributed by atoms with Crippen LogP contribution < -0.4 is 10.1 Å². The molecule has 8 heteroatoms. The molecule has 0 aliphatic heterocycles. The molecule has 0 atom stereocenters. The summed E-state index contributed by atoms with van der Waals surface area (Å²) in [6.45, 7) is -1.41. The third-order valence-electron chi connectivity index (χ3n) is 4.41. The minimum atomic E-state index is -4.44. The van der Waals surface area contributed by atoms with Gasteiger partial charge in [0, 0.05) is 0 Å². The van der Waals surface area contributed by atoms with Gasteiger partial charge in [0.1, 0.15) is 11.3 Å². The minimum absolute atomic E-state index is 0.00930. The number of carbonyl (C=O) groups is 2. The molecule has 1 aliphatic carbocycles. The third kappa shape index (κ3) is 5.93. The summed E-state index contributed by atoms with van der Waals surface area (Å²) >= 11 is 0. The van der Waals surface area contributed by atoms with Crippen LogP contribution in [0.15, 0.2) is 24.3 Å². The Labute approximate surface area is 149 Å². The quantitative estimate of drug-likeness (QED) is 0.749. The standard InChI is InChI=1S/C18H22F3NO4/c19-18(20,21)12-26-14-7-5-6-13(10-14)11-15(23)22-17(16(24)25)8-3-1-2-4-9-17/h5-7,10H,1-4,8-9,11-12H2,(H,22,23)(H,24,25). The van der Waals surface area contributed by atoms with Gasteiger partial charge in [-0.05, 0) is 30.5 Å². The summed E-state index contributed by atoms with van der Waals surface area (Å²) in [5, 5.41) is 12.2. The second kappa shape index (κ2) is 8.42. The molecule has 144 valence electrons. The molecule has 0 heterocycles. The van der Waals surface area contributed by atoms with Gasteiger partial charge in [0.2, 0.25) is 5.91 Å². The molecule has 5 nitrogen and oxygen atoms in total. The van der Waals surface area contributed by atoms with Crippen molar-refractivity contribution in [3.05, 3.63) is 29.8 Å². The zero-order chi connectivity index (χ0) is 19.2. The summed E-state index contributed by atoms with van der Waals surface area (Å²) in [5.74, 6) is -1.51. The Morgan fingerprint density at radius 3 is 2.38 bits per heavy atom. The Morgan fingerprint density at radius 2 is 1.81 bits per heavy atom. The molecule has 0 unspecified atom stereocenters. The second-order valence-electron chi connectivity index (χ2n) is 6.58. The van der Waals surface area contributed by atoms with Crippen molar-refractivity contribution in [1.82, 2.24) is 5.32 Å². The Hall–Kier alpha value is -2.25. The van der Waals surface area contributed by atoms with Crippen molar-refractivity contribution in [2.45, 2.75) is 56.7 Å². The lowest BCUT2D eigenvalue weighted by Crippen LogP contribution is -2.54. The molecule has 1 aromatic carbocycles. The lowest BCUT2D eigenvalue weighted by atomic mass is 9.90. The first-order chi connectivity index (χ1) is 12.2. The van der Waals surface area contributed by atoms with Gasteiger partial charge in [0.25, 0.3) is 0 Å². The molecule has 1 saturated carbocycles. The highest BCUT2D eigenvalue weighted by atomic mass is 19.4. The molecule has 2 N–H and O–H groups in total. The van der Waals surface area contributed by atoms with E-state index in [1.54, 1.807) is 6.07 Å². The molecular weight excluding hydrogens is 351 g/mol. The van der Waals surface area contributed by atoms with Crippen LogP contribution in [-0.4, -0.2) is 35.3 Å². The highest BCUT2D eigenvalue weighted by molar-refractivity contribution is 5.88. The first-order valence-corrected chi connectivity index (χ1v) is 8.53. The van der Waals surface area contributed by atoms with Crippen molar-refractivity contribution in [2.24, 2.45) is 0 Å². The topological polar surface area (TPSA) is 75.6 Å². The summed E-state index contributed by atoms with van der Waals surface area (Å²) in [6, 6.07) is 5.80. The minimum Gasteiger partial charge on any atom is -0.484 e. The number of ether oxygens (including phenoxy) is 1. The van der Waals surface area contributed by atoms with E-state index < -0.39 is 30.2 Å². The van der Waals surface area contributed by atoms with Crippen molar-refractivity contribution >= 4 is 11.9 Å². The van der Waals surface area contributed by atoms with Gasteiger partial charge in [0.15, 0.2) is 6.61 Å². The van der Waals surface area contributed by atoms with E-state index in [9.17, 15) is 27.9 Å². The van der Waals surface area contributed by atoms with Crippen LogP contribution in [0, 0.1) is 0 Å². The third-order valence-corrected chi connectivity index (χ3v) is 4.41. The van der Waals surface area contributed by atoms with Crippen molar-refractivity contribution in [3.63, 3.8) is 0 Å². The number of benzene rings is 1. The maximum Gasteiger partial charge on any atom is 0.422 e. The number of rotatable bonds is 6. The number of halogens is 3. The van der Waals surface area contributed by atoms with Gasteiger partial charge in [-0.3, -0.25) is 4.79 Å². The summed E-state index contributed by atoms with van der Waals surface area (Å²) in [5.41, 5.74) is -0.811. The molecule has 1 fully saturated rings. The second-order valence-corrected chi connectivity index (χ2v) is 6.58. The first kappa shape index (κ1) is 20.1. The van der Waals surface area contributed by atoms with E-state index in [1.165, 1.54) is 18.2 Å². The van der Waals surface area contributed by atoms with E-state index in [-0.39, 0.29) is 12.2 Å². The first-order valence-electron chi connectivity index (χ1n) is 8.53. The molecule has 1 aliphatic rings. The van der Waals surface area contributed by atoms with Crippen LogP contribution in [0.25, 0.3) is 0 Å². The molecule has 0 radical (unpaired) electrons. The van der Waals surface area contributed by atoms with Gasteiger partial charge in [-0.15, -0.1) is 0 Å². The number of hydrogen-bond acceptors (Lipinski definition) is 3. The van der Waals surface area contributed by atoms with E-state index in [0.717, 1.165) is 25.7 Å². The molecule has 1 aromatic rings. The van der Waals surface area contributed by atoms with E-state index >= 15 is 0 Å². The van der Waals surface area contributed by atoms with Gasteiger partial charge in [-0.2, -0.15) is 13.2 Å². The van der Waals surface area contributed by atoms with Crippen LogP contribution >= 0.6 is 0 Å². The summed E-state index contributed by atoms with van der Waals surface area (Å²) in [7, 11) is 0. The number of alkyl halides is 3. The van der Waals surface area contributed by atoms with Crippen molar-refractivity contribution in [1.29, 1.82) is 0 Å². The zero-order valence-electron chi connectivity index (χ0n) is 14.3. The highest BCUT2D eigenvalue weighted by Gasteiger charge is 2.39. The number of carboxylic acids is 1. The SMILES string of the molecule is O=C(Cc1cccc(OCC(F)(F)F)c1)NC1(C(=O)O)CCCCCC1. The number of amides is 1. The molecule has 0 aromatic heterocycles. The molecule has 2 rings (SSSR count). The predicted molar refractivity (Wildman–Crippen MR) is 87.9 cm³/mol. The van der Waals surface area contributed by atoms with Crippen LogP contribution in [-0.2, 0) is 16.0 Å². The molecular formula is C18H22F3NO4. The van der Waals surface area contributed by atoms with Crippen molar-refractivity contribution in [3.8, 4) is 5.75 Å². The largest absolute Gasteiger partial charge is 0.484 e. The number of carbonyl (C=O) groups excluding carboxylic acids is 1. The van der Waals surface area contributed by atoms with E-state index in [2.05, 4.69) is 10.1 Å². The molecule has 0 spiro atoms. The fourth-order valence-electron chi connectivity index (χ4n) is 3.13. The van der Waals surface area contributed by atoms with Gasteiger partial charge in [-0.25, -0.2) is 4.79 Å². The fraction of sp³-hybridized carbons (Fsp3) is 0.556. The van der Waals surface area contributed by atoms with Gasteiger partial charge in [-0.1, -0.05) is 37.8 Å². The lowest BCUT2D eigenvalue weighted by Gasteiger charge is -2.29. The fourth-order valence-corrected chi connectivity index (χ4v) is 3.13. The van der Waals surface area contributed by atoms with Gasteiger partial charge < -0.3 is 15.2 Å². The van der Waals surface area contributed by atoms with Crippen LogP contribution in [0.3, 0.4) is 0 Å². The van der Waals surface area contributed by atoms with Crippen molar-refractivity contribution in [2.75, 3.05) is 6.61 Å². The molecule has 0 saturated heterocycles. The monoisotopic (exact) mass is 373 g/mol. The smallest absolute Gasteiger partial charge is 0.422 e. The van der Waals surface area contributed by atoms with Gasteiger partial charge in [0.05, 0.1) is 6.42 Å². The molecule has 0 bridgehead atoms. The lowest BCUT2D eigenvalue weighted by molar-refractivity contribution is -0.153. The summed E-state index contributed by atoms with van der Waals surface area (Å²) < 4.78 is 41.3. The van der Waals surface area contributed by atoms with Crippen LogP contribution in [0.5, 0.6) is 5.75 Å². The Balaban J connectivity index is 2.01. The van der Waals surface area contributed by atoms with E-state index in [0.29, 0.717) is 18.4 Å². The average Bonchev–Trinajstić information content (AvgIpc) is 2.79. The normalized spacial score (nSPS) is 17.2. The highest BCUT2D eigenvalue weighted by Crippen LogP contribution is 2.28. The van der Waals surface area contributed by atoms with Gasteiger partial charge >= 0.3 is 12.1 Å². The average molecular weight is 373 g/mol. The maximum atomic E-state index is 12.3. The zero-order valence-corrected chi connectivity index (χ0v) is 14.3. The van der Waals surface area contributed by atoms with Crippen LogP contribution in [0.1, 0.15) is 44.1 Å². The van der Waals surface area contributed by atoms with Crippen LogP contribution in [0.4, 0.5) is 13.2 Å². The maximum absolute atomic E-state index is 12.3.